The van der Waals surface area contributed by atoms with Crippen LogP contribution in [0.2, 0.25) is 0 Å². The molecule has 0 heterocycles. The van der Waals surface area contributed by atoms with E-state index in [1.165, 1.54) is 26.7 Å². The summed E-state index contributed by atoms with van der Waals surface area (Å²) in [5, 5.41) is 5.73. The summed E-state index contributed by atoms with van der Waals surface area (Å²) < 4.78 is 0. The fraction of sp³-hybridized carbons (Fsp3) is 0. The van der Waals surface area contributed by atoms with Gasteiger partial charge in [-0.25, -0.2) is 0 Å². The van der Waals surface area contributed by atoms with Crippen LogP contribution in [0.3, 0.4) is 0 Å². The van der Waals surface area contributed by atoms with E-state index < -0.39 is 7.26 Å². The van der Waals surface area contributed by atoms with Crippen molar-refractivity contribution in [2.24, 2.45) is 0 Å². The van der Waals surface area contributed by atoms with E-state index in [0.717, 1.165) is 0 Å². The molecule has 0 aromatic heterocycles. The fourth-order valence-corrected chi connectivity index (χ4v) is 9.06. The average Bonchev–Trinajstić information content (AvgIpc) is 2.72. The third-order valence-corrected chi connectivity index (χ3v) is 10.1. The first-order valence-electron chi connectivity index (χ1n) is 9.06. The van der Waals surface area contributed by atoms with Crippen LogP contribution in [0.5, 0.6) is 0 Å². The van der Waals surface area contributed by atoms with E-state index >= 15 is 0 Å². The minimum atomic E-state index is -2.34. The summed E-state index contributed by atoms with van der Waals surface area (Å²) >= 11 is 0. The van der Waals surface area contributed by atoms with E-state index in [1.807, 2.05) is 0 Å². The Morgan fingerprint density at radius 2 is 0.769 bits per heavy atom. The van der Waals surface area contributed by atoms with Crippen molar-refractivity contribution in [1.29, 1.82) is 0 Å². The van der Waals surface area contributed by atoms with Crippen molar-refractivity contribution in [2.45, 2.75) is 0 Å². The Labute approximate surface area is 157 Å². The fourth-order valence-electron chi connectivity index (χ4n) is 4.02. The van der Waals surface area contributed by atoms with Crippen molar-refractivity contribution >= 4 is 41.8 Å². The van der Waals surface area contributed by atoms with Crippen molar-refractivity contribution < 1.29 is 0 Å². The van der Waals surface area contributed by atoms with E-state index in [2.05, 4.69) is 123 Å². The zero-order valence-corrected chi connectivity index (χ0v) is 16.0. The molecule has 0 bridgehead atoms. The predicted molar refractivity (Wildman–Crippen MR) is 121 cm³/mol. The molecule has 0 N–H and O–H groups in total. The number of benzene rings is 4. The third kappa shape index (κ3) is 2.79. The summed E-state index contributed by atoms with van der Waals surface area (Å²) in [5.74, 6) is 0. The van der Waals surface area contributed by atoms with Crippen LogP contribution < -0.4 is 26.7 Å². The maximum absolute atomic E-state index is 2.34. The molecule has 0 fully saturated rings. The van der Waals surface area contributed by atoms with Crippen molar-refractivity contribution in [2.75, 3.05) is 0 Å². The topological polar surface area (TPSA) is 0 Å². The molecule has 0 unspecified atom stereocenters. The van der Waals surface area contributed by atoms with Gasteiger partial charge < -0.3 is 0 Å². The summed E-state index contributed by atoms with van der Waals surface area (Å²) in [5.41, 5.74) is 1.36. The van der Waals surface area contributed by atoms with Crippen LogP contribution in [-0.2, 0) is 0 Å². The standard InChI is InChI=1S/C24H22BP/c25-23-18-10-11-19-24(23)26(20-12-4-1-5-13-20,21-14-6-2-7-15-21)22-16-8-3-9-17-22/h1-19,26H,25H2. The molecule has 0 saturated carbocycles. The molecule has 0 aliphatic carbocycles. The first-order chi connectivity index (χ1) is 12.8. The Hall–Kier alpha value is -2.63. The molecular formula is C24H22BP. The van der Waals surface area contributed by atoms with Crippen LogP contribution in [0.15, 0.2) is 115 Å². The molecule has 0 saturated heterocycles. The normalized spacial score (nSPS) is 11.8. The first-order valence-corrected chi connectivity index (χ1v) is 11.1. The Morgan fingerprint density at radius 1 is 0.423 bits per heavy atom. The Balaban J connectivity index is 2.17. The molecule has 4 aromatic carbocycles. The van der Waals surface area contributed by atoms with Crippen LogP contribution in [-0.4, -0.2) is 7.85 Å². The van der Waals surface area contributed by atoms with Gasteiger partial charge in [0.25, 0.3) is 0 Å². The summed E-state index contributed by atoms with van der Waals surface area (Å²) in [7, 11) is -0.103. The van der Waals surface area contributed by atoms with Gasteiger partial charge in [0.1, 0.15) is 0 Å². The van der Waals surface area contributed by atoms with Crippen LogP contribution in [0.25, 0.3) is 0 Å². The summed E-state index contributed by atoms with van der Waals surface area (Å²) in [4.78, 5) is 0. The van der Waals surface area contributed by atoms with Crippen molar-refractivity contribution in [1.82, 2.24) is 0 Å². The Bertz CT molecular complexity index is 885. The predicted octanol–water partition coefficient (Wildman–Crippen LogP) is 2.30. The first kappa shape index (κ1) is 16.8. The molecule has 4 rings (SSSR count). The second-order valence-corrected chi connectivity index (χ2v) is 10.4. The van der Waals surface area contributed by atoms with E-state index in [4.69, 9.17) is 0 Å². The zero-order chi connectivity index (χ0) is 17.8. The molecule has 0 atom stereocenters. The molecule has 0 aliphatic heterocycles. The molecule has 26 heavy (non-hydrogen) atoms. The SMILES string of the molecule is Bc1ccccc1[PH](c1ccccc1)(c1ccccc1)c1ccccc1. The van der Waals surface area contributed by atoms with Crippen LogP contribution >= 0.6 is 7.26 Å². The number of hydrogen-bond acceptors (Lipinski definition) is 0. The van der Waals surface area contributed by atoms with E-state index in [1.54, 1.807) is 0 Å². The number of rotatable bonds is 4. The molecule has 2 heteroatoms. The molecular weight excluding hydrogens is 330 g/mol. The molecule has 0 nitrogen and oxygen atoms in total. The zero-order valence-electron chi connectivity index (χ0n) is 15.0. The second-order valence-electron chi connectivity index (χ2n) is 6.66. The quantitative estimate of drug-likeness (QED) is 0.391. The Kier molecular flexibility index (Phi) is 4.74. The third-order valence-electron chi connectivity index (χ3n) is 5.17. The van der Waals surface area contributed by atoms with Gasteiger partial charge in [-0.1, -0.05) is 0 Å². The van der Waals surface area contributed by atoms with Gasteiger partial charge in [-0.05, 0) is 0 Å². The maximum atomic E-state index is 2.33. The van der Waals surface area contributed by atoms with Gasteiger partial charge in [0, 0.05) is 0 Å². The van der Waals surface area contributed by atoms with Gasteiger partial charge in [0.2, 0.25) is 0 Å². The van der Waals surface area contributed by atoms with Crippen LogP contribution in [0, 0.1) is 0 Å². The van der Waals surface area contributed by atoms with Crippen molar-refractivity contribution in [3.63, 3.8) is 0 Å². The molecule has 0 radical (unpaired) electrons. The van der Waals surface area contributed by atoms with Crippen LogP contribution in [0.4, 0.5) is 0 Å². The minimum absolute atomic E-state index is 1.36. The van der Waals surface area contributed by atoms with Gasteiger partial charge in [0.05, 0.1) is 0 Å². The van der Waals surface area contributed by atoms with Crippen molar-refractivity contribution in [3.05, 3.63) is 115 Å². The molecule has 0 spiro atoms. The van der Waals surface area contributed by atoms with E-state index in [0.29, 0.717) is 0 Å². The Morgan fingerprint density at radius 3 is 1.15 bits per heavy atom. The van der Waals surface area contributed by atoms with Gasteiger partial charge in [-0.2, -0.15) is 0 Å². The monoisotopic (exact) mass is 352 g/mol. The van der Waals surface area contributed by atoms with E-state index in [9.17, 15) is 0 Å². The second kappa shape index (κ2) is 7.32. The van der Waals surface area contributed by atoms with Gasteiger partial charge >= 0.3 is 157 Å². The molecule has 0 aliphatic rings. The van der Waals surface area contributed by atoms with Crippen LogP contribution in [0.1, 0.15) is 0 Å². The molecule has 0 amide bonds. The molecule has 4 aromatic rings. The van der Waals surface area contributed by atoms with Gasteiger partial charge in [-0.3, -0.25) is 0 Å². The van der Waals surface area contributed by atoms with Gasteiger partial charge in [-0.15, -0.1) is 0 Å². The number of hydrogen-bond donors (Lipinski definition) is 0. The summed E-state index contributed by atoms with van der Waals surface area (Å²) in [6.07, 6.45) is 0. The summed E-state index contributed by atoms with van der Waals surface area (Å²) in [6.45, 7) is 0. The molecule has 126 valence electrons. The van der Waals surface area contributed by atoms with Gasteiger partial charge in [0.15, 0.2) is 0 Å². The van der Waals surface area contributed by atoms with E-state index in [-0.39, 0.29) is 0 Å². The average molecular weight is 352 g/mol. The summed E-state index contributed by atoms with van der Waals surface area (Å²) in [6, 6.07) is 42.0. The van der Waals surface area contributed by atoms with Crippen molar-refractivity contribution in [3.8, 4) is 0 Å².